The van der Waals surface area contributed by atoms with Crippen molar-refractivity contribution in [3.05, 3.63) is 0 Å². The van der Waals surface area contributed by atoms with E-state index < -0.39 is 0 Å². The van der Waals surface area contributed by atoms with Crippen LogP contribution in [0.4, 0.5) is 4.79 Å². The number of esters is 1. The van der Waals surface area contributed by atoms with Gasteiger partial charge in [-0.05, 0) is 38.5 Å². The van der Waals surface area contributed by atoms with E-state index >= 15 is 0 Å². The highest BCUT2D eigenvalue weighted by Gasteiger charge is 2.21. The van der Waals surface area contributed by atoms with E-state index in [0.29, 0.717) is 18.9 Å². The summed E-state index contributed by atoms with van der Waals surface area (Å²) in [6.45, 7) is 4.26. The molecule has 1 aliphatic heterocycles. The monoisotopic (exact) mass is 300 g/mol. The number of urea groups is 1. The van der Waals surface area contributed by atoms with Crippen LogP contribution in [0.1, 0.15) is 45.4 Å². The van der Waals surface area contributed by atoms with Crippen LogP contribution in [0.2, 0.25) is 0 Å². The number of amides is 2. The lowest BCUT2D eigenvalue weighted by atomic mass is 9.93. The average molecular weight is 300 g/mol. The van der Waals surface area contributed by atoms with Crippen LogP contribution in [-0.4, -0.2) is 44.9 Å². The number of hydrogen-bond donors (Lipinski definition) is 2. The molecule has 1 unspecified atom stereocenters. The van der Waals surface area contributed by atoms with Crippen molar-refractivity contribution in [2.24, 2.45) is 5.92 Å². The molecule has 2 amide bonds. The van der Waals surface area contributed by atoms with Gasteiger partial charge in [0.2, 0.25) is 0 Å². The summed E-state index contributed by atoms with van der Waals surface area (Å²) in [6.07, 6.45) is 5.04. The fourth-order valence-corrected chi connectivity index (χ4v) is 2.47. The summed E-state index contributed by atoms with van der Waals surface area (Å²) in [4.78, 5) is 22.7. The van der Waals surface area contributed by atoms with E-state index in [1.807, 2.05) is 6.92 Å². The molecule has 6 nitrogen and oxygen atoms in total. The maximum absolute atomic E-state index is 11.8. The van der Waals surface area contributed by atoms with Gasteiger partial charge in [-0.15, -0.1) is 0 Å². The molecule has 0 aliphatic carbocycles. The smallest absolute Gasteiger partial charge is 0.315 e. The number of methoxy groups -OCH3 is 1. The number of hydrogen-bond acceptors (Lipinski definition) is 4. The molecule has 1 rings (SSSR count). The Bertz CT molecular complexity index is 317. The third-order valence-corrected chi connectivity index (χ3v) is 3.90. The molecule has 0 radical (unpaired) electrons. The van der Waals surface area contributed by atoms with Gasteiger partial charge in [-0.2, -0.15) is 0 Å². The third-order valence-electron chi connectivity index (χ3n) is 3.90. The van der Waals surface area contributed by atoms with Crippen LogP contribution in [0, 0.1) is 5.92 Å². The van der Waals surface area contributed by atoms with Gasteiger partial charge in [0, 0.05) is 32.2 Å². The minimum Gasteiger partial charge on any atom is -0.469 e. The lowest BCUT2D eigenvalue weighted by molar-refractivity contribution is -0.140. The molecule has 2 N–H and O–H groups in total. The topological polar surface area (TPSA) is 76.7 Å². The van der Waals surface area contributed by atoms with Gasteiger partial charge in [-0.1, -0.05) is 6.42 Å². The predicted octanol–water partition coefficient (Wildman–Crippen LogP) is 1.83. The Morgan fingerprint density at radius 2 is 1.95 bits per heavy atom. The van der Waals surface area contributed by atoms with E-state index in [4.69, 9.17) is 4.74 Å². The Morgan fingerprint density at radius 1 is 1.24 bits per heavy atom. The fourth-order valence-electron chi connectivity index (χ4n) is 2.47. The van der Waals surface area contributed by atoms with Crippen molar-refractivity contribution >= 4 is 12.0 Å². The summed E-state index contributed by atoms with van der Waals surface area (Å²) in [5.74, 6) is 0.329. The molecule has 1 saturated heterocycles. The zero-order valence-electron chi connectivity index (χ0n) is 13.2. The van der Waals surface area contributed by atoms with Gasteiger partial charge < -0.3 is 20.1 Å². The maximum Gasteiger partial charge on any atom is 0.315 e. The molecule has 6 heteroatoms. The van der Waals surface area contributed by atoms with E-state index in [0.717, 1.165) is 45.3 Å². The SMILES string of the molecule is COC(=O)CCCCCNC(=O)NC(C)C1CCOCC1. The Balaban J connectivity index is 2.01. The Labute approximate surface area is 126 Å². The van der Waals surface area contributed by atoms with Gasteiger partial charge in [0.1, 0.15) is 0 Å². The van der Waals surface area contributed by atoms with E-state index in [9.17, 15) is 9.59 Å². The van der Waals surface area contributed by atoms with Gasteiger partial charge in [0.15, 0.2) is 0 Å². The number of carbonyl (C=O) groups excluding carboxylic acids is 2. The molecule has 0 aromatic heterocycles. The number of ether oxygens (including phenoxy) is 2. The Hall–Kier alpha value is -1.30. The van der Waals surface area contributed by atoms with Crippen LogP contribution in [-0.2, 0) is 14.3 Å². The molecule has 0 spiro atoms. The van der Waals surface area contributed by atoms with Gasteiger partial charge >= 0.3 is 12.0 Å². The van der Waals surface area contributed by atoms with Crippen molar-refractivity contribution in [2.75, 3.05) is 26.9 Å². The fraction of sp³-hybridized carbons (Fsp3) is 0.867. The van der Waals surface area contributed by atoms with Crippen molar-refractivity contribution in [1.29, 1.82) is 0 Å². The quantitative estimate of drug-likeness (QED) is 0.529. The van der Waals surface area contributed by atoms with Gasteiger partial charge in [-0.3, -0.25) is 4.79 Å². The normalized spacial score (nSPS) is 17.0. The molecular weight excluding hydrogens is 272 g/mol. The molecule has 1 atom stereocenters. The number of rotatable bonds is 8. The minimum absolute atomic E-state index is 0.109. The molecule has 0 aromatic carbocycles. The van der Waals surface area contributed by atoms with Crippen molar-refractivity contribution < 1.29 is 19.1 Å². The number of nitrogens with one attached hydrogen (secondary N) is 2. The van der Waals surface area contributed by atoms with Crippen molar-refractivity contribution in [1.82, 2.24) is 10.6 Å². The molecule has 21 heavy (non-hydrogen) atoms. The molecule has 0 bridgehead atoms. The predicted molar refractivity (Wildman–Crippen MR) is 80.0 cm³/mol. The summed E-state index contributed by atoms with van der Waals surface area (Å²) >= 11 is 0. The molecule has 0 aromatic rings. The first-order chi connectivity index (χ1) is 10.1. The lowest BCUT2D eigenvalue weighted by Gasteiger charge is -2.28. The van der Waals surface area contributed by atoms with E-state index in [1.54, 1.807) is 0 Å². The summed E-state index contributed by atoms with van der Waals surface area (Å²) in [6, 6.07) is 0.0650. The number of unbranched alkanes of at least 4 members (excludes halogenated alkanes) is 2. The van der Waals surface area contributed by atoms with Crippen LogP contribution in [0.25, 0.3) is 0 Å². The maximum atomic E-state index is 11.8. The molecular formula is C15H28N2O4. The molecule has 0 saturated carbocycles. The van der Waals surface area contributed by atoms with Gasteiger partial charge in [0.25, 0.3) is 0 Å². The second kappa shape index (κ2) is 10.4. The highest BCUT2D eigenvalue weighted by molar-refractivity contribution is 5.74. The van der Waals surface area contributed by atoms with E-state index in [1.165, 1.54) is 7.11 Å². The van der Waals surface area contributed by atoms with E-state index in [2.05, 4.69) is 15.4 Å². The third kappa shape index (κ3) is 7.90. The van der Waals surface area contributed by atoms with Crippen LogP contribution < -0.4 is 10.6 Å². The molecule has 1 fully saturated rings. The summed E-state index contributed by atoms with van der Waals surface area (Å²) < 4.78 is 9.89. The van der Waals surface area contributed by atoms with Gasteiger partial charge in [0.05, 0.1) is 7.11 Å². The van der Waals surface area contributed by atoms with E-state index in [-0.39, 0.29) is 18.0 Å². The zero-order chi connectivity index (χ0) is 15.5. The van der Waals surface area contributed by atoms with Crippen molar-refractivity contribution in [3.63, 3.8) is 0 Å². The van der Waals surface area contributed by atoms with Crippen molar-refractivity contribution in [3.8, 4) is 0 Å². The second-order valence-corrected chi connectivity index (χ2v) is 5.53. The highest BCUT2D eigenvalue weighted by Crippen LogP contribution is 2.18. The minimum atomic E-state index is -0.175. The summed E-state index contributed by atoms with van der Waals surface area (Å²) in [5.41, 5.74) is 0. The number of carbonyl (C=O) groups is 2. The first-order valence-corrected chi connectivity index (χ1v) is 7.82. The summed E-state index contributed by atoms with van der Waals surface area (Å²) in [5, 5.41) is 5.85. The molecule has 122 valence electrons. The van der Waals surface area contributed by atoms with Crippen LogP contribution in [0.5, 0.6) is 0 Å². The largest absolute Gasteiger partial charge is 0.469 e. The first-order valence-electron chi connectivity index (χ1n) is 7.82. The van der Waals surface area contributed by atoms with Crippen LogP contribution >= 0.6 is 0 Å². The molecule has 1 heterocycles. The zero-order valence-corrected chi connectivity index (χ0v) is 13.2. The lowest BCUT2D eigenvalue weighted by Crippen LogP contribution is -2.45. The Kier molecular flexibility index (Phi) is 8.82. The van der Waals surface area contributed by atoms with Crippen LogP contribution in [0.15, 0.2) is 0 Å². The van der Waals surface area contributed by atoms with Gasteiger partial charge in [-0.25, -0.2) is 4.79 Å². The molecule has 1 aliphatic rings. The second-order valence-electron chi connectivity index (χ2n) is 5.53. The standard InChI is InChI=1S/C15H28N2O4/c1-12(13-7-10-21-11-8-13)17-15(19)16-9-5-3-4-6-14(18)20-2/h12-13H,3-11H2,1-2H3,(H2,16,17,19). The summed E-state index contributed by atoms with van der Waals surface area (Å²) in [7, 11) is 1.40. The highest BCUT2D eigenvalue weighted by atomic mass is 16.5. The average Bonchev–Trinajstić information content (AvgIpc) is 2.51. The van der Waals surface area contributed by atoms with Crippen LogP contribution in [0.3, 0.4) is 0 Å². The van der Waals surface area contributed by atoms with Crippen molar-refractivity contribution in [2.45, 2.75) is 51.5 Å². The Morgan fingerprint density at radius 3 is 2.62 bits per heavy atom. The first kappa shape index (κ1) is 17.8.